The van der Waals surface area contributed by atoms with E-state index in [1.807, 2.05) is 0 Å². The molecule has 3 aliphatic heterocycles. The fourth-order valence-electron chi connectivity index (χ4n) is 2.39. The molecule has 4 nitrogen and oxygen atoms in total. The number of nitrogens with zero attached hydrogens (tertiary/aromatic N) is 4. The fraction of sp³-hybridized carbons (Fsp3) is 0.700. The van der Waals surface area contributed by atoms with Gasteiger partial charge in [-0.1, -0.05) is 0 Å². The zero-order valence-corrected chi connectivity index (χ0v) is 8.61. The van der Waals surface area contributed by atoms with Crippen molar-refractivity contribution in [1.82, 2.24) is 14.7 Å². The molecule has 14 heavy (non-hydrogen) atoms. The van der Waals surface area contributed by atoms with Crippen molar-refractivity contribution in [3.63, 3.8) is 0 Å². The van der Waals surface area contributed by atoms with Gasteiger partial charge in [0.25, 0.3) is 0 Å². The second-order valence-corrected chi connectivity index (χ2v) is 4.14. The summed E-state index contributed by atoms with van der Waals surface area (Å²) < 4.78 is 0. The van der Waals surface area contributed by atoms with Crippen LogP contribution in [-0.2, 0) is 0 Å². The van der Waals surface area contributed by atoms with Crippen molar-refractivity contribution in [2.45, 2.75) is 0 Å². The Labute approximate surface area is 84.5 Å². The van der Waals surface area contributed by atoms with E-state index in [0.29, 0.717) is 0 Å². The van der Waals surface area contributed by atoms with Crippen molar-refractivity contribution in [3.05, 3.63) is 11.9 Å². The Bertz CT molecular complexity index is 307. The van der Waals surface area contributed by atoms with Gasteiger partial charge in [-0.25, -0.2) is 0 Å². The van der Waals surface area contributed by atoms with E-state index in [9.17, 15) is 0 Å². The number of aliphatic imine (C=N–C) groups is 1. The number of fused-ring (bicyclic) bond motifs is 2. The molecule has 0 bridgehead atoms. The average molecular weight is 192 g/mol. The summed E-state index contributed by atoms with van der Waals surface area (Å²) in [7, 11) is 2.16. The number of rotatable bonds is 0. The summed E-state index contributed by atoms with van der Waals surface area (Å²) in [6, 6.07) is 0. The SMILES string of the molecule is CN1CCN2CCN3CCN=C3C=C12. The lowest BCUT2D eigenvalue weighted by Gasteiger charge is -2.20. The Hall–Kier alpha value is -1.19. The third kappa shape index (κ3) is 1.10. The van der Waals surface area contributed by atoms with Gasteiger partial charge >= 0.3 is 0 Å². The van der Waals surface area contributed by atoms with Crippen molar-refractivity contribution in [1.29, 1.82) is 0 Å². The summed E-state index contributed by atoms with van der Waals surface area (Å²) in [5.74, 6) is 2.55. The normalized spacial score (nSPS) is 25.6. The van der Waals surface area contributed by atoms with Crippen LogP contribution in [0, 0.1) is 0 Å². The Morgan fingerprint density at radius 3 is 2.79 bits per heavy atom. The molecule has 1 saturated heterocycles. The van der Waals surface area contributed by atoms with E-state index < -0.39 is 0 Å². The zero-order chi connectivity index (χ0) is 9.54. The smallest absolute Gasteiger partial charge is 0.127 e. The quantitative estimate of drug-likeness (QED) is 0.531. The molecule has 0 aromatic rings. The van der Waals surface area contributed by atoms with Gasteiger partial charge in [0.15, 0.2) is 0 Å². The number of amidine groups is 1. The maximum atomic E-state index is 4.53. The standard InChI is InChI=1S/C10H16N4/c1-12-4-5-14-7-6-13-3-2-11-9(13)8-10(12)14/h8H,2-7H2,1H3. The first-order chi connectivity index (χ1) is 6.84. The van der Waals surface area contributed by atoms with Gasteiger partial charge in [-0.05, 0) is 0 Å². The molecular formula is C10H16N4. The van der Waals surface area contributed by atoms with Crippen molar-refractivity contribution in [2.75, 3.05) is 46.3 Å². The highest BCUT2D eigenvalue weighted by atomic mass is 15.4. The molecule has 0 unspecified atom stereocenters. The first-order valence-corrected chi connectivity index (χ1v) is 5.32. The van der Waals surface area contributed by atoms with Gasteiger partial charge in [0.05, 0.1) is 6.54 Å². The first kappa shape index (κ1) is 8.15. The largest absolute Gasteiger partial charge is 0.359 e. The molecule has 3 aliphatic rings. The van der Waals surface area contributed by atoms with E-state index in [1.54, 1.807) is 0 Å². The average Bonchev–Trinajstić information content (AvgIpc) is 2.71. The summed E-state index contributed by atoms with van der Waals surface area (Å²) >= 11 is 0. The molecule has 0 aromatic heterocycles. The third-order valence-corrected chi connectivity index (χ3v) is 3.29. The minimum Gasteiger partial charge on any atom is -0.359 e. The van der Waals surface area contributed by atoms with E-state index in [0.717, 1.165) is 32.7 Å². The van der Waals surface area contributed by atoms with E-state index in [1.165, 1.54) is 18.2 Å². The number of hydrogen-bond donors (Lipinski definition) is 0. The van der Waals surface area contributed by atoms with Gasteiger partial charge in [-0.3, -0.25) is 4.99 Å². The predicted molar refractivity (Wildman–Crippen MR) is 56.2 cm³/mol. The molecule has 3 rings (SSSR count). The molecule has 76 valence electrons. The van der Waals surface area contributed by atoms with Crippen LogP contribution in [0.15, 0.2) is 16.9 Å². The minimum atomic E-state index is 0.975. The second-order valence-electron chi connectivity index (χ2n) is 4.14. The van der Waals surface area contributed by atoms with Crippen molar-refractivity contribution in [3.8, 4) is 0 Å². The molecule has 4 heteroatoms. The summed E-state index contributed by atoms with van der Waals surface area (Å²) in [4.78, 5) is 11.7. The van der Waals surface area contributed by atoms with Crippen LogP contribution in [0.3, 0.4) is 0 Å². The molecule has 0 spiro atoms. The Morgan fingerprint density at radius 2 is 1.86 bits per heavy atom. The fourth-order valence-corrected chi connectivity index (χ4v) is 2.39. The highest BCUT2D eigenvalue weighted by Crippen LogP contribution is 2.20. The van der Waals surface area contributed by atoms with Gasteiger partial charge in [0.2, 0.25) is 0 Å². The maximum absolute atomic E-state index is 4.53. The van der Waals surface area contributed by atoms with Crippen LogP contribution < -0.4 is 0 Å². The predicted octanol–water partition coefficient (Wildman–Crippen LogP) is -0.197. The van der Waals surface area contributed by atoms with E-state index >= 15 is 0 Å². The maximum Gasteiger partial charge on any atom is 0.127 e. The minimum absolute atomic E-state index is 0.975. The molecule has 1 fully saturated rings. The molecule has 0 radical (unpaired) electrons. The third-order valence-electron chi connectivity index (χ3n) is 3.29. The Morgan fingerprint density at radius 1 is 1.07 bits per heavy atom. The molecule has 0 N–H and O–H groups in total. The molecule has 0 atom stereocenters. The van der Waals surface area contributed by atoms with Crippen LogP contribution in [0.4, 0.5) is 0 Å². The van der Waals surface area contributed by atoms with Crippen molar-refractivity contribution in [2.24, 2.45) is 4.99 Å². The van der Waals surface area contributed by atoms with E-state index in [4.69, 9.17) is 0 Å². The molecule has 0 aromatic carbocycles. The van der Waals surface area contributed by atoms with Crippen LogP contribution in [0.2, 0.25) is 0 Å². The zero-order valence-electron chi connectivity index (χ0n) is 8.61. The van der Waals surface area contributed by atoms with Crippen LogP contribution in [-0.4, -0.2) is 66.9 Å². The van der Waals surface area contributed by atoms with E-state index in [-0.39, 0.29) is 0 Å². The second kappa shape index (κ2) is 2.90. The lowest BCUT2D eigenvalue weighted by Crippen LogP contribution is -2.31. The molecule has 3 heterocycles. The topological polar surface area (TPSA) is 22.1 Å². The molecule has 0 amide bonds. The summed E-state index contributed by atoms with van der Waals surface area (Å²) in [5, 5.41) is 0. The molecule has 0 aliphatic carbocycles. The Balaban J connectivity index is 1.95. The van der Waals surface area contributed by atoms with Crippen LogP contribution in [0.5, 0.6) is 0 Å². The highest BCUT2D eigenvalue weighted by molar-refractivity contribution is 5.94. The van der Waals surface area contributed by atoms with Gasteiger partial charge in [-0.2, -0.15) is 0 Å². The van der Waals surface area contributed by atoms with Crippen molar-refractivity contribution < 1.29 is 0 Å². The monoisotopic (exact) mass is 192 g/mol. The van der Waals surface area contributed by atoms with Crippen LogP contribution in [0.1, 0.15) is 0 Å². The van der Waals surface area contributed by atoms with Crippen LogP contribution >= 0.6 is 0 Å². The first-order valence-electron chi connectivity index (χ1n) is 5.32. The lowest BCUT2D eigenvalue weighted by molar-refractivity contribution is 0.333. The van der Waals surface area contributed by atoms with Gasteiger partial charge in [-0.15, -0.1) is 0 Å². The van der Waals surface area contributed by atoms with Gasteiger partial charge in [0, 0.05) is 45.8 Å². The number of hydrogen-bond acceptors (Lipinski definition) is 4. The number of likely N-dealkylation sites (N-methyl/N-ethyl adjacent to an activating group) is 1. The summed E-state index contributed by atoms with van der Waals surface area (Å²) in [6.07, 6.45) is 2.24. The van der Waals surface area contributed by atoms with Crippen LogP contribution in [0.25, 0.3) is 0 Å². The van der Waals surface area contributed by atoms with Gasteiger partial charge < -0.3 is 14.7 Å². The summed E-state index contributed by atoms with van der Waals surface area (Å²) in [5.41, 5.74) is 0. The van der Waals surface area contributed by atoms with Crippen molar-refractivity contribution >= 4 is 5.84 Å². The summed E-state index contributed by atoms with van der Waals surface area (Å²) in [6.45, 7) is 6.68. The Kier molecular flexibility index (Phi) is 1.69. The molecular weight excluding hydrogens is 176 g/mol. The lowest BCUT2D eigenvalue weighted by atomic mass is 10.4. The van der Waals surface area contributed by atoms with E-state index in [2.05, 4.69) is 32.8 Å². The highest BCUT2D eigenvalue weighted by Gasteiger charge is 2.27. The van der Waals surface area contributed by atoms with Gasteiger partial charge in [0.1, 0.15) is 11.7 Å². The molecule has 0 saturated carbocycles.